The smallest absolute Gasteiger partial charge is 0.204 e. The minimum atomic E-state index is -3.34. The van der Waals surface area contributed by atoms with Crippen molar-refractivity contribution in [1.29, 1.82) is 0 Å². The van der Waals surface area contributed by atoms with Crippen LogP contribution in [0.2, 0.25) is 5.02 Å². The van der Waals surface area contributed by atoms with Gasteiger partial charge in [-0.2, -0.15) is 0 Å². The predicted octanol–water partition coefficient (Wildman–Crippen LogP) is 2.86. The van der Waals surface area contributed by atoms with E-state index in [2.05, 4.69) is 12.2 Å². The average Bonchev–Trinajstić information content (AvgIpc) is 2.57. The molecule has 1 aliphatic rings. The summed E-state index contributed by atoms with van der Waals surface area (Å²) in [4.78, 5) is 0.748. The van der Waals surface area contributed by atoms with Crippen LogP contribution in [0, 0.1) is 0 Å². The number of benzene rings is 1. The molecule has 18 heavy (non-hydrogen) atoms. The maximum absolute atomic E-state index is 12.2. The first-order valence-corrected chi connectivity index (χ1v) is 7.87. The van der Waals surface area contributed by atoms with E-state index < -0.39 is 9.84 Å². The third-order valence-electron chi connectivity index (χ3n) is 2.93. The summed E-state index contributed by atoms with van der Waals surface area (Å²) in [5, 5.41) is 3.60. The molecule has 0 aliphatic carbocycles. The Balaban J connectivity index is 2.17. The van der Waals surface area contributed by atoms with Crippen molar-refractivity contribution in [3.05, 3.63) is 33.7 Å². The Kier molecular flexibility index (Phi) is 4.10. The second-order valence-corrected chi connectivity index (χ2v) is 6.73. The van der Waals surface area contributed by atoms with Gasteiger partial charge in [0.2, 0.25) is 9.84 Å². The summed E-state index contributed by atoms with van der Waals surface area (Å²) < 4.78 is 24.5. The third kappa shape index (κ3) is 2.60. The molecule has 0 aromatic heterocycles. The van der Waals surface area contributed by atoms with E-state index in [1.807, 2.05) is 0 Å². The molecule has 0 saturated heterocycles. The zero-order chi connectivity index (χ0) is 13.2. The fraction of sp³-hybridized carbons (Fsp3) is 0.385. The molecule has 0 saturated carbocycles. The summed E-state index contributed by atoms with van der Waals surface area (Å²) >= 11 is 5.84. The standard InChI is InChI=1S/C13H16ClNO2S/c1-2-3-6-15-9-12-7-10-4-5-11(14)8-13(10)18(12,16)17/h4-5,7-8,15H,2-3,6,9H2,1H3. The van der Waals surface area contributed by atoms with Crippen molar-refractivity contribution in [2.75, 3.05) is 13.1 Å². The second-order valence-electron chi connectivity index (χ2n) is 4.33. The van der Waals surface area contributed by atoms with E-state index in [0.717, 1.165) is 24.9 Å². The molecule has 0 unspecified atom stereocenters. The molecule has 0 fully saturated rings. The van der Waals surface area contributed by atoms with Crippen LogP contribution < -0.4 is 5.32 Å². The van der Waals surface area contributed by atoms with Crippen molar-refractivity contribution >= 4 is 27.5 Å². The van der Waals surface area contributed by atoms with Crippen molar-refractivity contribution in [3.63, 3.8) is 0 Å². The first kappa shape index (κ1) is 13.6. The van der Waals surface area contributed by atoms with Crippen molar-refractivity contribution < 1.29 is 8.42 Å². The van der Waals surface area contributed by atoms with Crippen LogP contribution in [0.25, 0.3) is 6.08 Å². The van der Waals surface area contributed by atoms with Crippen LogP contribution in [-0.2, 0) is 9.84 Å². The van der Waals surface area contributed by atoms with Crippen LogP contribution in [0.5, 0.6) is 0 Å². The highest BCUT2D eigenvalue weighted by atomic mass is 35.5. The Morgan fingerprint density at radius 2 is 2.11 bits per heavy atom. The summed E-state index contributed by atoms with van der Waals surface area (Å²) in [6, 6.07) is 4.97. The molecule has 3 nitrogen and oxygen atoms in total. The molecule has 5 heteroatoms. The van der Waals surface area contributed by atoms with Gasteiger partial charge in [-0.3, -0.25) is 0 Å². The minimum Gasteiger partial charge on any atom is -0.312 e. The van der Waals surface area contributed by atoms with Crippen molar-refractivity contribution in [2.24, 2.45) is 0 Å². The number of sulfone groups is 1. The Morgan fingerprint density at radius 3 is 2.83 bits per heavy atom. The monoisotopic (exact) mass is 285 g/mol. The van der Waals surface area contributed by atoms with E-state index in [4.69, 9.17) is 11.6 Å². The van der Waals surface area contributed by atoms with Crippen molar-refractivity contribution in [3.8, 4) is 0 Å². The Morgan fingerprint density at radius 1 is 1.33 bits per heavy atom. The Bertz CT molecular complexity index is 579. The molecule has 0 bridgehead atoms. The molecule has 0 atom stereocenters. The second kappa shape index (κ2) is 5.43. The number of nitrogens with one attached hydrogen (secondary N) is 1. The molecule has 1 N–H and O–H groups in total. The maximum Gasteiger partial charge on any atom is 0.204 e. The van der Waals surface area contributed by atoms with Gasteiger partial charge in [-0.15, -0.1) is 0 Å². The molecule has 0 radical (unpaired) electrons. The molecule has 1 aromatic rings. The van der Waals surface area contributed by atoms with Gasteiger partial charge in [0.1, 0.15) is 0 Å². The topological polar surface area (TPSA) is 46.2 Å². The molecule has 1 heterocycles. The van der Waals surface area contributed by atoms with E-state index in [1.165, 1.54) is 6.07 Å². The normalized spacial score (nSPS) is 16.4. The summed E-state index contributed by atoms with van der Waals surface area (Å²) in [6.45, 7) is 3.32. The first-order chi connectivity index (χ1) is 8.55. The molecular formula is C13H16ClNO2S. The lowest BCUT2D eigenvalue weighted by molar-refractivity contribution is 0.599. The van der Waals surface area contributed by atoms with Gasteiger partial charge in [0.25, 0.3) is 0 Å². The largest absolute Gasteiger partial charge is 0.312 e. The fourth-order valence-electron chi connectivity index (χ4n) is 1.91. The average molecular weight is 286 g/mol. The lowest BCUT2D eigenvalue weighted by Crippen LogP contribution is -2.20. The number of hydrogen-bond donors (Lipinski definition) is 1. The maximum atomic E-state index is 12.2. The predicted molar refractivity (Wildman–Crippen MR) is 74.4 cm³/mol. The Hall–Kier alpha value is -0.840. The Labute approximate surface area is 113 Å². The minimum absolute atomic E-state index is 0.322. The summed E-state index contributed by atoms with van der Waals surface area (Å²) in [7, 11) is -3.34. The molecule has 1 aromatic carbocycles. The van der Waals surface area contributed by atoms with Gasteiger partial charge in [0.05, 0.1) is 9.80 Å². The summed E-state index contributed by atoms with van der Waals surface area (Å²) in [6.07, 6.45) is 3.86. The van der Waals surface area contributed by atoms with E-state index in [1.54, 1.807) is 18.2 Å². The highest BCUT2D eigenvalue weighted by Crippen LogP contribution is 2.33. The van der Waals surface area contributed by atoms with Crippen LogP contribution in [-0.4, -0.2) is 21.5 Å². The molecule has 1 aliphatic heterocycles. The van der Waals surface area contributed by atoms with Crippen LogP contribution in [0.1, 0.15) is 25.3 Å². The molecular weight excluding hydrogens is 270 g/mol. The van der Waals surface area contributed by atoms with E-state index in [9.17, 15) is 8.42 Å². The van der Waals surface area contributed by atoms with Gasteiger partial charge >= 0.3 is 0 Å². The van der Waals surface area contributed by atoms with Gasteiger partial charge in [0, 0.05) is 11.6 Å². The van der Waals surface area contributed by atoms with Gasteiger partial charge in [-0.05, 0) is 36.7 Å². The number of halogens is 1. The summed E-state index contributed by atoms with van der Waals surface area (Å²) in [5.74, 6) is 0. The molecule has 0 amide bonds. The zero-order valence-electron chi connectivity index (χ0n) is 10.2. The van der Waals surface area contributed by atoms with E-state index in [-0.39, 0.29) is 0 Å². The highest BCUT2D eigenvalue weighted by Gasteiger charge is 2.29. The first-order valence-electron chi connectivity index (χ1n) is 6.01. The number of rotatable bonds is 5. The fourth-order valence-corrected chi connectivity index (χ4v) is 3.72. The van der Waals surface area contributed by atoms with Crippen LogP contribution in [0.15, 0.2) is 28.0 Å². The highest BCUT2D eigenvalue weighted by molar-refractivity contribution is 7.95. The number of unbranched alkanes of at least 4 members (excludes halogenated alkanes) is 1. The van der Waals surface area contributed by atoms with Crippen molar-refractivity contribution in [2.45, 2.75) is 24.7 Å². The van der Waals surface area contributed by atoms with Crippen LogP contribution in [0.4, 0.5) is 0 Å². The number of hydrogen-bond acceptors (Lipinski definition) is 3. The van der Waals surface area contributed by atoms with Gasteiger partial charge < -0.3 is 5.32 Å². The lowest BCUT2D eigenvalue weighted by atomic mass is 10.2. The van der Waals surface area contributed by atoms with Gasteiger partial charge in [-0.25, -0.2) is 8.42 Å². The quantitative estimate of drug-likeness (QED) is 0.846. The molecule has 98 valence electrons. The van der Waals surface area contributed by atoms with E-state index in [0.29, 0.717) is 21.4 Å². The SMILES string of the molecule is CCCCNCC1=Cc2ccc(Cl)cc2S1(=O)=O. The van der Waals surface area contributed by atoms with E-state index >= 15 is 0 Å². The van der Waals surface area contributed by atoms with Gasteiger partial charge in [0.15, 0.2) is 0 Å². The number of fused-ring (bicyclic) bond motifs is 1. The molecule has 0 spiro atoms. The van der Waals surface area contributed by atoms with Crippen molar-refractivity contribution in [1.82, 2.24) is 5.32 Å². The zero-order valence-corrected chi connectivity index (χ0v) is 11.8. The summed E-state index contributed by atoms with van der Waals surface area (Å²) in [5.41, 5.74) is 0.728. The van der Waals surface area contributed by atoms with Gasteiger partial charge in [-0.1, -0.05) is 31.0 Å². The lowest BCUT2D eigenvalue weighted by Gasteiger charge is -2.05. The third-order valence-corrected chi connectivity index (χ3v) is 5.05. The molecule has 2 rings (SSSR count). The van der Waals surface area contributed by atoms with Crippen LogP contribution in [0.3, 0.4) is 0 Å². The van der Waals surface area contributed by atoms with Crippen LogP contribution >= 0.6 is 11.6 Å².